The van der Waals surface area contributed by atoms with Crippen LogP contribution in [0.1, 0.15) is 10.5 Å². The van der Waals surface area contributed by atoms with E-state index in [1.165, 1.54) is 12.1 Å². The maximum absolute atomic E-state index is 11.9. The average Bonchev–Trinajstić information content (AvgIpc) is 2.26. The van der Waals surface area contributed by atoms with Gasteiger partial charge in [0.25, 0.3) is 6.43 Å². The third-order valence-corrected chi connectivity index (χ3v) is 1.67. The molecule has 0 bridgehead atoms. The first-order valence-electron chi connectivity index (χ1n) is 4.28. The first-order chi connectivity index (χ1) is 7.50. The van der Waals surface area contributed by atoms with Crippen LogP contribution in [0.5, 0.6) is 0 Å². The van der Waals surface area contributed by atoms with Crippen molar-refractivity contribution in [3.05, 3.63) is 17.8 Å². The normalized spacial score (nSPS) is 12.5. The van der Waals surface area contributed by atoms with E-state index in [-0.39, 0.29) is 11.5 Å². The highest BCUT2D eigenvalue weighted by Crippen LogP contribution is 2.05. The van der Waals surface area contributed by atoms with Gasteiger partial charge >= 0.3 is 5.97 Å². The van der Waals surface area contributed by atoms with Crippen molar-refractivity contribution in [2.75, 3.05) is 11.9 Å². The molecule has 0 aromatic carbocycles. The number of aromatic carboxylic acids is 1. The number of alkyl halides is 2. The van der Waals surface area contributed by atoms with Crippen molar-refractivity contribution in [3.63, 3.8) is 0 Å². The zero-order valence-corrected chi connectivity index (χ0v) is 7.97. The summed E-state index contributed by atoms with van der Waals surface area (Å²) < 4.78 is 23.8. The molecule has 0 aliphatic rings. The molecule has 0 aliphatic heterocycles. The lowest BCUT2D eigenvalue weighted by Crippen LogP contribution is -2.27. The van der Waals surface area contributed by atoms with Gasteiger partial charge in [-0.05, 0) is 12.1 Å². The van der Waals surface area contributed by atoms with Crippen LogP contribution >= 0.6 is 0 Å². The van der Waals surface area contributed by atoms with Gasteiger partial charge in [-0.2, -0.15) is 0 Å². The third-order valence-electron chi connectivity index (χ3n) is 1.67. The van der Waals surface area contributed by atoms with Crippen molar-refractivity contribution in [3.8, 4) is 0 Å². The summed E-state index contributed by atoms with van der Waals surface area (Å²) in [6.07, 6.45) is -4.65. The monoisotopic (exact) mass is 233 g/mol. The Bertz CT molecular complexity index is 358. The highest BCUT2D eigenvalue weighted by Gasteiger charge is 2.16. The second-order valence-electron chi connectivity index (χ2n) is 2.89. The summed E-state index contributed by atoms with van der Waals surface area (Å²) in [4.78, 5) is 10.4. The fourth-order valence-electron chi connectivity index (χ4n) is 0.839. The molecule has 1 aromatic rings. The summed E-state index contributed by atoms with van der Waals surface area (Å²) in [6, 6.07) is 2.45. The van der Waals surface area contributed by atoms with Gasteiger partial charge in [0, 0.05) is 6.54 Å². The van der Waals surface area contributed by atoms with Gasteiger partial charge in [0.2, 0.25) is 0 Å². The van der Waals surface area contributed by atoms with Crippen LogP contribution in [-0.4, -0.2) is 45.5 Å². The lowest BCUT2D eigenvalue weighted by atomic mass is 10.3. The lowest BCUT2D eigenvalue weighted by molar-refractivity contribution is 0.00380. The molecule has 0 saturated carbocycles. The topological polar surface area (TPSA) is 95.3 Å². The van der Waals surface area contributed by atoms with Crippen molar-refractivity contribution in [1.82, 2.24) is 10.2 Å². The molecule has 0 radical (unpaired) electrons. The molecule has 88 valence electrons. The van der Waals surface area contributed by atoms with E-state index >= 15 is 0 Å². The number of anilines is 1. The van der Waals surface area contributed by atoms with Crippen LogP contribution in [0.15, 0.2) is 12.1 Å². The first kappa shape index (κ1) is 12.2. The summed E-state index contributed by atoms with van der Waals surface area (Å²) in [5.41, 5.74) is -0.250. The van der Waals surface area contributed by atoms with Crippen LogP contribution in [0, 0.1) is 0 Å². The minimum atomic E-state index is -2.85. The van der Waals surface area contributed by atoms with E-state index in [0.29, 0.717) is 0 Å². The molecule has 0 amide bonds. The van der Waals surface area contributed by atoms with Crippen LogP contribution in [0.3, 0.4) is 0 Å². The number of carboxylic acid groups (broad SMARTS) is 1. The Morgan fingerprint density at radius 3 is 2.56 bits per heavy atom. The minimum absolute atomic E-state index is 0.115. The van der Waals surface area contributed by atoms with E-state index in [1.807, 2.05) is 0 Å². The van der Waals surface area contributed by atoms with Gasteiger partial charge in [0.05, 0.1) is 0 Å². The Morgan fingerprint density at radius 2 is 2.12 bits per heavy atom. The van der Waals surface area contributed by atoms with E-state index in [1.54, 1.807) is 0 Å². The molecule has 3 N–H and O–H groups in total. The van der Waals surface area contributed by atoms with E-state index in [4.69, 9.17) is 10.2 Å². The molecule has 0 spiro atoms. The molecular weight excluding hydrogens is 224 g/mol. The van der Waals surface area contributed by atoms with Crippen LogP contribution < -0.4 is 5.32 Å². The summed E-state index contributed by atoms with van der Waals surface area (Å²) in [7, 11) is 0. The second-order valence-corrected chi connectivity index (χ2v) is 2.89. The molecule has 6 nitrogen and oxygen atoms in total. The van der Waals surface area contributed by atoms with Crippen molar-refractivity contribution < 1.29 is 23.8 Å². The fraction of sp³-hybridized carbons (Fsp3) is 0.375. The Labute approximate surface area is 88.9 Å². The van der Waals surface area contributed by atoms with E-state index < -0.39 is 25.0 Å². The second kappa shape index (κ2) is 5.31. The van der Waals surface area contributed by atoms with Crippen molar-refractivity contribution >= 4 is 11.8 Å². The molecule has 1 rings (SSSR count). The summed E-state index contributed by atoms with van der Waals surface area (Å²) in [5.74, 6) is -1.11. The maximum atomic E-state index is 11.9. The number of nitrogens with one attached hydrogen (secondary N) is 1. The number of rotatable bonds is 5. The molecule has 0 fully saturated rings. The van der Waals surface area contributed by atoms with Crippen LogP contribution in [0.4, 0.5) is 14.6 Å². The van der Waals surface area contributed by atoms with Gasteiger partial charge < -0.3 is 15.5 Å². The summed E-state index contributed by atoms with van der Waals surface area (Å²) in [5, 5.41) is 26.4. The molecule has 1 atom stereocenters. The standard InChI is InChI=1S/C8H9F2N3O3/c9-7(10)5(14)3-11-6-2-1-4(8(15)16)12-13-6/h1-2,5,7,14H,3H2,(H,11,13)(H,15,16). The average molecular weight is 233 g/mol. The van der Waals surface area contributed by atoms with Crippen molar-refractivity contribution in [1.29, 1.82) is 0 Å². The summed E-state index contributed by atoms with van der Waals surface area (Å²) >= 11 is 0. The SMILES string of the molecule is O=C(O)c1ccc(NCC(O)C(F)F)nn1. The van der Waals surface area contributed by atoms with Gasteiger partial charge in [0.1, 0.15) is 11.9 Å². The number of aliphatic hydroxyl groups excluding tert-OH is 1. The Balaban J connectivity index is 2.53. The Morgan fingerprint density at radius 1 is 1.44 bits per heavy atom. The van der Waals surface area contributed by atoms with Gasteiger partial charge in [-0.3, -0.25) is 0 Å². The van der Waals surface area contributed by atoms with Gasteiger partial charge in [0.15, 0.2) is 5.69 Å². The van der Waals surface area contributed by atoms with Crippen molar-refractivity contribution in [2.24, 2.45) is 0 Å². The molecular formula is C8H9F2N3O3. The zero-order chi connectivity index (χ0) is 12.1. The van der Waals surface area contributed by atoms with Gasteiger partial charge in [-0.1, -0.05) is 0 Å². The van der Waals surface area contributed by atoms with Crippen LogP contribution in [0.25, 0.3) is 0 Å². The Hall–Kier alpha value is -1.83. The largest absolute Gasteiger partial charge is 0.476 e. The molecule has 16 heavy (non-hydrogen) atoms. The molecule has 8 heteroatoms. The zero-order valence-electron chi connectivity index (χ0n) is 7.97. The predicted octanol–water partition coefficient (Wildman–Crippen LogP) is 0.213. The number of aromatic nitrogens is 2. The van der Waals surface area contributed by atoms with Crippen LogP contribution in [-0.2, 0) is 0 Å². The summed E-state index contributed by atoms with van der Waals surface area (Å²) in [6.45, 7) is -0.390. The number of carboxylic acids is 1. The quantitative estimate of drug-likeness (QED) is 0.673. The smallest absolute Gasteiger partial charge is 0.356 e. The molecule has 1 unspecified atom stereocenters. The first-order valence-corrected chi connectivity index (χ1v) is 4.28. The van der Waals surface area contributed by atoms with Gasteiger partial charge in [-0.15, -0.1) is 10.2 Å². The number of carbonyl (C=O) groups is 1. The fourth-order valence-corrected chi connectivity index (χ4v) is 0.839. The highest BCUT2D eigenvalue weighted by molar-refractivity contribution is 5.85. The number of halogens is 2. The van der Waals surface area contributed by atoms with E-state index in [9.17, 15) is 13.6 Å². The highest BCUT2D eigenvalue weighted by atomic mass is 19.3. The maximum Gasteiger partial charge on any atom is 0.356 e. The van der Waals surface area contributed by atoms with Crippen LogP contribution in [0.2, 0.25) is 0 Å². The third kappa shape index (κ3) is 3.39. The van der Waals surface area contributed by atoms with Gasteiger partial charge in [-0.25, -0.2) is 13.6 Å². The van der Waals surface area contributed by atoms with E-state index in [2.05, 4.69) is 15.5 Å². The predicted molar refractivity (Wildman–Crippen MR) is 49.5 cm³/mol. The number of aliphatic hydroxyl groups is 1. The molecule has 0 saturated heterocycles. The molecule has 0 aliphatic carbocycles. The van der Waals surface area contributed by atoms with Crippen molar-refractivity contribution in [2.45, 2.75) is 12.5 Å². The Kier molecular flexibility index (Phi) is 4.06. The number of hydrogen-bond donors (Lipinski definition) is 3. The lowest BCUT2D eigenvalue weighted by Gasteiger charge is -2.10. The molecule has 1 aromatic heterocycles. The number of nitrogens with zero attached hydrogens (tertiary/aromatic N) is 2. The minimum Gasteiger partial charge on any atom is -0.476 e. The molecule has 1 heterocycles. The number of hydrogen-bond acceptors (Lipinski definition) is 5. The van der Waals surface area contributed by atoms with E-state index in [0.717, 1.165) is 0 Å².